The molecule has 2 N–H and O–H groups in total. The van der Waals surface area contributed by atoms with Crippen LogP contribution in [0.15, 0.2) is 28.7 Å². The van der Waals surface area contributed by atoms with Crippen molar-refractivity contribution in [1.29, 1.82) is 0 Å². The van der Waals surface area contributed by atoms with E-state index in [9.17, 15) is 0 Å². The second-order valence-electron chi connectivity index (χ2n) is 3.35. The van der Waals surface area contributed by atoms with Crippen LogP contribution in [0.25, 0.3) is 0 Å². The van der Waals surface area contributed by atoms with Gasteiger partial charge >= 0.3 is 0 Å². The molecule has 15 heavy (non-hydrogen) atoms. The summed E-state index contributed by atoms with van der Waals surface area (Å²) in [4.78, 5) is 8.36. The maximum Gasteiger partial charge on any atom is 0.290 e. The summed E-state index contributed by atoms with van der Waals surface area (Å²) >= 11 is 3.53. The highest BCUT2D eigenvalue weighted by molar-refractivity contribution is 9.10. The van der Waals surface area contributed by atoms with Crippen LogP contribution in [-0.4, -0.2) is 17.6 Å². The Morgan fingerprint density at radius 2 is 2.07 bits per heavy atom. The van der Waals surface area contributed by atoms with Crippen LogP contribution in [0.1, 0.15) is 18.4 Å². The van der Waals surface area contributed by atoms with E-state index in [0.29, 0.717) is 0 Å². The highest BCUT2D eigenvalue weighted by atomic mass is 79.9. The minimum absolute atomic E-state index is 0.250. The Morgan fingerprint density at radius 3 is 2.60 bits per heavy atom. The summed E-state index contributed by atoms with van der Waals surface area (Å²) in [7, 11) is 0. The number of carboxylic acid groups (broad SMARTS) is 1. The van der Waals surface area contributed by atoms with Crippen LogP contribution in [-0.2, 0) is 11.3 Å². The second-order valence-corrected chi connectivity index (χ2v) is 4.21. The first-order chi connectivity index (χ1) is 7.27. The van der Waals surface area contributed by atoms with E-state index >= 15 is 0 Å². The molecule has 0 aromatic heterocycles. The maximum atomic E-state index is 8.36. The number of halogens is 1. The van der Waals surface area contributed by atoms with Gasteiger partial charge in [-0.2, -0.15) is 0 Å². The average Bonchev–Trinajstić information content (AvgIpc) is 3.02. The van der Waals surface area contributed by atoms with Crippen molar-refractivity contribution in [3.63, 3.8) is 0 Å². The zero-order chi connectivity index (χ0) is 11.1. The smallest absolute Gasteiger partial charge is 0.290 e. The van der Waals surface area contributed by atoms with Gasteiger partial charge in [-0.3, -0.25) is 4.79 Å². The van der Waals surface area contributed by atoms with Crippen molar-refractivity contribution in [2.75, 3.05) is 0 Å². The molecule has 0 atom stereocenters. The van der Waals surface area contributed by atoms with Crippen LogP contribution >= 0.6 is 15.9 Å². The summed E-state index contributed by atoms with van der Waals surface area (Å²) in [6.45, 7) is 0.742. The number of rotatable bonds is 3. The quantitative estimate of drug-likeness (QED) is 0.831. The van der Waals surface area contributed by atoms with E-state index in [2.05, 4.69) is 39.4 Å². The van der Waals surface area contributed by atoms with E-state index in [4.69, 9.17) is 9.90 Å². The lowest BCUT2D eigenvalue weighted by Gasteiger charge is -2.04. The molecule has 4 heteroatoms. The van der Waals surface area contributed by atoms with Crippen molar-refractivity contribution in [2.45, 2.75) is 25.4 Å². The normalized spacial score (nSPS) is 13.9. The molecule has 1 aromatic rings. The Bertz CT molecular complexity index is 313. The molecule has 1 fully saturated rings. The molecule has 82 valence electrons. The molecule has 2 rings (SSSR count). The van der Waals surface area contributed by atoms with Gasteiger partial charge in [-0.15, -0.1) is 0 Å². The lowest BCUT2D eigenvalue weighted by Crippen LogP contribution is -2.15. The molecule has 0 radical (unpaired) electrons. The van der Waals surface area contributed by atoms with Gasteiger partial charge in [0.1, 0.15) is 0 Å². The predicted octanol–water partition coefficient (Wildman–Crippen LogP) is 2.40. The maximum absolute atomic E-state index is 8.36. The van der Waals surface area contributed by atoms with Gasteiger partial charge in [0, 0.05) is 17.1 Å². The number of hydrogen-bond acceptors (Lipinski definition) is 2. The topological polar surface area (TPSA) is 49.3 Å². The number of carbonyl (C=O) groups is 1. The van der Waals surface area contributed by atoms with E-state index < -0.39 is 0 Å². The second kappa shape index (κ2) is 6.58. The van der Waals surface area contributed by atoms with Crippen molar-refractivity contribution in [3.05, 3.63) is 34.3 Å². The van der Waals surface area contributed by atoms with Crippen LogP contribution in [0.2, 0.25) is 0 Å². The molecule has 0 aliphatic heterocycles. The first-order valence-corrected chi connectivity index (χ1v) is 5.62. The first kappa shape index (κ1) is 12.2. The SMILES string of the molecule is Brc1ccccc1CNC1CC1.O=CO. The van der Waals surface area contributed by atoms with E-state index in [-0.39, 0.29) is 6.47 Å². The third-order valence-electron chi connectivity index (χ3n) is 2.12. The minimum atomic E-state index is -0.250. The van der Waals surface area contributed by atoms with E-state index in [0.717, 1.165) is 12.6 Å². The van der Waals surface area contributed by atoms with E-state index in [1.807, 2.05) is 6.07 Å². The van der Waals surface area contributed by atoms with Gasteiger partial charge in [0.15, 0.2) is 0 Å². The van der Waals surface area contributed by atoms with Crippen LogP contribution in [0.5, 0.6) is 0 Å². The van der Waals surface area contributed by atoms with E-state index in [1.165, 1.54) is 22.9 Å². The fraction of sp³-hybridized carbons (Fsp3) is 0.364. The molecule has 1 aliphatic carbocycles. The lowest BCUT2D eigenvalue weighted by molar-refractivity contribution is -0.122. The zero-order valence-electron chi connectivity index (χ0n) is 8.32. The number of hydrogen-bond donors (Lipinski definition) is 2. The van der Waals surface area contributed by atoms with Crippen molar-refractivity contribution in [1.82, 2.24) is 5.32 Å². The third-order valence-corrected chi connectivity index (χ3v) is 2.89. The Morgan fingerprint density at radius 1 is 1.47 bits per heavy atom. The predicted molar refractivity (Wildman–Crippen MR) is 62.7 cm³/mol. The molecular formula is C11H14BrNO2. The summed E-state index contributed by atoms with van der Waals surface area (Å²) in [5, 5.41) is 10.4. The van der Waals surface area contributed by atoms with Gasteiger partial charge in [0.25, 0.3) is 6.47 Å². The molecule has 0 bridgehead atoms. The van der Waals surface area contributed by atoms with Crippen LogP contribution in [0.3, 0.4) is 0 Å². The molecule has 0 unspecified atom stereocenters. The standard InChI is InChI=1S/C10H12BrN.CH2O2/c11-10-4-2-1-3-8(10)7-12-9-5-6-9;2-1-3/h1-4,9,12H,5-7H2;1H,(H,2,3). The molecule has 1 aliphatic rings. The van der Waals surface area contributed by atoms with Crippen LogP contribution in [0, 0.1) is 0 Å². The summed E-state index contributed by atoms with van der Waals surface area (Å²) in [5.41, 5.74) is 1.35. The van der Waals surface area contributed by atoms with Gasteiger partial charge in [-0.1, -0.05) is 34.1 Å². The third kappa shape index (κ3) is 4.95. The van der Waals surface area contributed by atoms with Crippen LogP contribution in [0.4, 0.5) is 0 Å². The molecule has 0 spiro atoms. The highest BCUT2D eigenvalue weighted by Gasteiger charge is 2.20. The van der Waals surface area contributed by atoms with Crippen LogP contribution < -0.4 is 5.32 Å². The van der Waals surface area contributed by atoms with Gasteiger partial charge in [0.05, 0.1) is 0 Å². The number of nitrogens with one attached hydrogen (secondary N) is 1. The molecular weight excluding hydrogens is 258 g/mol. The summed E-state index contributed by atoms with van der Waals surface area (Å²) in [6.07, 6.45) is 2.70. The molecule has 1 saturated carbocycles. The van der Waals surface area contributed by atoms with Gasteiger partial charge < -0.3 is 10.4 Å². The van der Waals surface area contributed by atoms with E-state index in [1.54, 1.807) is 0 Å². The van der Waals surface area contributed by atoms with Crippen molar-refractivity contribution in [3.8, 4) is 0 Å². The van der Waals surface area contributed by atoms with Crippen molar-refractivity contribution in [2.24, 2.45) is 0 Å². The fourth-order valence-corrected chi connectivity index (χ4v) is 1.61. The average molecular weight is 272 g/mol. The molecule has 0 heterocycles. The Hall–Kier alpha value is -0.870. The Kier molecular flexibility index (Phi) is 5.36. The lowest BCUT2D eigenvalue weighted by atomic mass is 10.2. The van der Waals surface area contributed by atoms with Gasteiger partial charge in [-0.25, -0.2) is 0 Å². The summed E-state index contributed by atoms with van der Waals surface area (Å²) in [6, 6.07) is 9.15. The summed E-state index contributed by atoms with van der Waals surface area (Å²) in [5.74, 6) is 0. The number of benzene rings is 1. The zero-order valence-corrected chi connectivity index (χ0v) is 9.90. The van der Waals surface area contributed by atoms with Crippen molar-refractivity contribution < 1.29 is 9.90 Å². The first-order valence-electron chi connectivity index (χ1n) is 4.82. The van der Waals surface area contributed by atoms with Gasteiger partial charge in [-0.05, 0) is 24.5 Å². The minimum Gasteiger partial charge on any atom is -0.483 e. The Balaban J connectivity index is 0.000000337. The molecule has 3 nitrogen and oxygen atoms in total. The van der Waals surface area contributed by atoms with Gasteiger partial charge in [0.2, 0.25) is 0 Å². The largest absolute Gasteiger partial charge is 0.483 e. The Labute approximate surface area is 97.6 Å². The highest BCUT2D eigenvalue weighted by Crippen LogP contribution is 2.21. The molecule has 0 amide bonds. The monoisotopic (exact) mass is 271 g/mol. The molecule has 1 aromatic carbocycles. The fourth-order valence-electron chi connectivity index (χ4n) is 1.18. The molecule has 0 saturated heterocycles. The van der Waals surface area contributed by atoms with Crippen molar-refractivity contribution >= 4 is 22.4 Å². The summed E-state index contributed by atoms with van der Waals surface area (Å²) < 4.78 is 1.21.